The molecule has 102 valence electrons. The van der Waals surface area contributed by atoms with Gasteiger partial charge >= 0.3 is 0 Å². The fourth-order valence-electron chi connectivity index (χ4n) is 3.94. The number of amides is 1. The van der Waals surface area contributed by atoms with Crippen LogP contribution in [0.25, 0.3) is 0 Å². The second-order valence-electron chi connectivity index (χ2n) is 6.44. The van der Waals surface area contributed by atoms with Gasteiger partial charge in [0.05, 0.1) is 6.61 Å². The molecule has 2 bridgehead atoms. The van der Waals surface area contributed by atoms with Crippen LogP contribution in [0.2, 0.25) is 0 Å². The second kappa shape index (κ2) is 4.82. The minimum absolute atomic E-state index is 0.105. The summed E-state index contributed by atoms with van der Waals surface area (Å²) in [7, 11) is 0. The van der Waals surface area contributed by atoms with E-state index in [0.29, 0.717) is 38.5 Å². The molecule has 3 aliphatic rings. The Balaban J connectivity index is 1.42. The average Bonchev–Trinajstić information content (AvgIpc) is 3.03. The summed E-state index contributed by atoms with van der Waals surface area (Å²) in [6.07, 6.45) is 6.56. The van der Waals surface area contributed by atoms with Crippen LogP contribution in [0.15, 0.2) is 0 Å². The van der Waals surface area contributed by atoms with E-state index in [1.807, 2.05) is 0 Å². The molecular formula is C14H23NO3. The lowest BCUT2D eigenvalue weighted by Gasteiger charge is -2.23. The van der Waals surface area contributed by atoms with Crippen LogP contribution in [0.3, 0.4) is 0 Å². The maximum Gasteiger partial charge on any atom is 0.220 e. The number of carbonyl (C=O) groups excluding carboxylic acids is 1. The van der Waals surface area contributed by atoms with Crippen molar-refractivity contribution < 1.29 is 14.6 Å². The summed E-state index contributed by atoms with van der Waals surface area (Å²) in [6.45, 7) is 1.28. The van der Waals surface area contributed by atoms with Gasteiger partial charge in [-0.3, -0.25) is 4.79 Å². The number of carbonyl (C=O) groups is 1. The summed E-state index contributed by atoms with van der Waals surface area (Å²) in [5, 5.41) is 12.9. The highest BCUT2D eigenvalue weighted by molar-refractivity contribution is 5.76. The minimum Gasteiger partial charge on any atom is -0.386 e. The summed E-state index contributed by atoms with van der Waals surface area (Å²) < 4.78 is 5.16. The number of hydrogen-bond donors (Lipinski definition) is 2. The van der Waals surface area contributed by atoms with E-state index < -0.39 is 5.60 Å². The van der Waals surface area contributed by atoms with Crippen LogP contribution >= 0.6 is 0 Å². The van der Waals surface area contributed by atoms with Gasteiger partial charge in [0.1, 0.15) is 5.60 Å². The van der Waals surface area contributed by atoms with Gasteiger partial charge in [0.25, 0.3) is 0 Å². The molecule has 0 aromatic carbocycles. The largest absolute Gasteiger partial charge is 0.386 e. The molecule has 18 heavy (non-hydrogen) atoms. The molecule has 0 aromatic rings. The third-order valence-corrected chi connectivity index (χ3v) is 5.03. The monoisotopic (exact) mass is 253 g/mol. The van der Waals surface area contributed by atoms with Crippen LogP contribution in [0.5, 0.6) is 0 Å². The van der Waals surface area contributed by atoms with E-state index in [1.54, 1.807) is 0 Å². The Kier molecular flexibility index (Phi) is 3.32. The number of nitrogens with one attached hydrogen (secondary N) is 1. The summed E-state index contributed by atoms with van der Waals surface area (Å²) in [4.78, 5) is 11.9. The lowest BCUT2D eigenvalue weighted by Crippen LogP contribution is -2.43. The summed E-state index contributed by atoms with van der Waals surface area (Å²) in [5.41, 5.74) is -0.829. The van der Waals surface area contributed by atoms with Gasteiger partial charge < -0.3 is 15.2 Å². The van der Waals surface area contributed by atoms with Crippen molar-refractivity contribution in [1.29, 1.82) is 0 Å². The molecule has 1 aliphatic heterocycles. The first-order chi connectivity index (χ1) is 8.65. The zero-order chi connectivity index (χ0) is 12.6. The quantitative estimate of drug-likeness (QED) is 0.788. The molecule has 1 heterocycles. The molecule has 1 saturated heterocycles. The zero-order valence-corrected chi connectivity index (χ0v) is 10.9. The highest BCUT2D eigenvalue weighted by Gasteiger charge is 2.40. The van der Waals surface area contributed by atoms with E-state index in [2.05, 4.69) is 5.32 Å². The molecule has 0 spiro atoms. The van der Waals surface area contributed by atoms with Gasteiger partial charge in [0.15, 0.2) is 0 Å². The van der Waals surface area contributed by atoms with Crippen LogP contribution in [0, 0.1) is 17.8 Å². The number of rotatable bonds is 4. The van der Waals surface area contributed by atoms with Crippen LogP contribution in [0.4, 0.5) is 0 Å². The average molecular weight is 253 g/mol. The van der Waals surface area contributed by atoms with E-state index in [0.717, 1.165) is 11.8 Å². The van der Waals surface area contributed by atoms with Gasteiger partial charge in [-0.15, -0.1) is 0 Å². The summed E-state index contributed by atoms with van der Waals surface area (Å²) in [5.74, 6) is 2.38. The first-order valence-electron chi connectivity index (χ1n) is 7.21. The smallest absolute Gasteiger partial charge is 0.220 e. The fraction of sp³-hybridized carbons (Fsp3) is 0.929. The molecule has 3 fully saturated rings. The Morgan fingerprint density at radius 2 is 2.28 bits per heavy atom. The highest BCUT2D eigenvalue weighted by Crippen LogP contribution is 2.49. The third-order valence-electron chi connectivity index (χ3n) is 5.03. The first kappa shape index (κ1) is 12.4. The molecule has 2 aliphatic carbocycles. The summed E-state index contributed by atoms with van der Waals surface area (Å²) in [6, 6.07) is 0. The van der Waals surface area contributed by atoms with E-state index in [1.165, 1.54) is 25.7 Å². The Labute approximate surface area is 108 Å². The Morgan fingerprint density at radius 1 is 1.39 bits per heavy atom. The Morgan fingerprint density at radius 3 is 2.89 bits per heavy atom. The zero-order valence-electron chi connectivity index (χ0n) is 10.9. The van der Waals surface area contributed by atoms with Crippen LogP contribution in [-0.2, 0) is 9.53 Å². The van der Waals surface area contributed by atoms with Crippen molar-refractivity contribution in [3.63, 3.8) is 0 Å². The van der Waals surface area contributed by atoms with Crippen molar-refractivity contribution in [2.45, 2.75) is 44.1 Å². The van der Waals surface area contributed by atoms with Gasteiger partial charge in [0.2, 0.25) is 5.91 Å². The van der Waals surface area contributed by atoms with Crippen molar-refractivity contribution in [2.75, 3.05) is 19.8 Å². The van der Waals surface area contributed by atoms with E-state index >= 15 is 0 Å². The van der Waals surface area contributed by atoms with Crippen LogP contribution in [-0.4, -0.2) is 36.4 Å². The van der Waals surface area contributed by atoms with Crippen LogP contribution < -0.4 is 5.32 Å². The van der Waals surface area contributed by atoms with E-state index in [9.17, 15) is 9.90 Å². The maximum atomic E-state index is 11.9. The normalized spacial score (nSPS) is 42.4. The SMILES string of the molecule is O=C(CC1CC2CCC1C2)NCC1(O)CCOC1. The molecule has 4 atom stereocenters. The molecule has 4 heteroatoms. The van der Waals surface area contributed by atoms with Crippen molar-refractivity contribution in [1.82, 2.24) is 5.32 Å². The van der Waals surface area contributed by atoms with Crippen molar-refractivity contribution in [3.05, 3.63) is 0 Å². The lowest BCUT2D eigenvalue weighted by molar-refractivity contribution is -0.123. The molecule has 0 aromatic heterocycles. The molecular weight excluding hydrogens is 230 g/mol. The molecule has 1 amide bonds. The number of ether oxygens (including phenoxy) is 1. The first-order valence-corrected chi connectivity index (χ1v) is 7.21. The lowest BCUT2D eigenvalue weighted by atomic mass is 9.86. The van der Waals surface area contributed by atoms with E-state index in [-0.39, 0.29) is 5.91 Å². The predicted molar refractivity (Wildman–Crippen MR) is 67.0 cm³/mol. The van der Waals surface area contributed by atoms with Crippen molar-refractivity contribution >= 4 is 5.91 Å². The Bertz CT molecular complexity index is 325. The standard InChI is InChI=1S/C14H23NO3/c16-13(15-8-14(17)3-4-18-9-14)7-12-6-10-1-2-11(12)5-10/h10-12,17H,1-9H2,(H,15,16). The number of fused-ring (bicyclic) bond motifs is 2. The van der Waals surface area contributed by atoms with Crippen molar-refractivity contribution in [2.24, 2.45) is 17.8 Å². The second-order valence-corrected chi connectivity index (χ2v) is 6.44. The van der Waals surface area contributed by atoms with Crippen molar-refractivity contribution in [3.8, 4) is 0 Å². The Hall–Kier alpha value is -0.610. The topological polar surface area (TPSA) is 58.6 Å². The molecule has 4 nitrogen and oxygen atoms in total. The number of aliphatic hydroxyl groups is 1. The maximum absolute atomic E-state index is 11.9. The molecule has 2 N–H and O–H groups in total. The van der Waals surface area contributed by atoms with Gasteiger partial charge in [-0.1, -0.05) is 6.42 Å². The molecule has 2 saturated carbocycles. The fourth-order valence-corrected chi connectivity index (χ4v) is 3.94. The molecule has 3 rings (SSSR count). The van der Waals surface area contributed by atoms with Gasteiger partial charge in [-0.05, 0) is 37.0 Å². The van der Waals surface area contributed by atoms with Gasteiger partial charge in [0, 0.05) is 26.0 Å². The summed E-state index contributed by atoms with van der Waals surface area (Å²) >= 11 is 0. The van der Waals surface area contributed by atoms with E-state index in [4.69, 9.17) is 4.74 Å². The van der Waals surface area contributed by atoms with Gasteiger partial charge in [-0.25, -0.2) is 0 Å². The van der Waals surface area contributed by atoms with Gasteiger partial charge in [-0.2, -0.15) is 0 Å². The molecule has 0 radical (unpaired) electrons. The van der Waals surface area contributed by atoms with Crippen LogP contribution in [0.1, 0.15) is 38.5 Å². The predicted octanol–water partition coefficient (Wildman–Crippen LogP) is 1.08. The third kappa shape index (κ3) is 2.54. The molecule has 4 unspecified atom stereocenters. The highest BCUT2D eigenvalue weighted by atomic mass is 16.5. The number of hydrogen-bond acceptors (Lipinski definition) is 3. The minimum atomic E-state index is -0.829.